The average molecular weight is 419 g/mol. The number of imide groups is 1. The van der Waals surface area contributed by atoms with Gasteiger partial charge in [-0.05, 0) is 55.7 Å². The summed E-state index contributed by atoms with van der Waals surface area (Å²) >= 11 is 0. The molecule has 3 fully saturated rings. The van der Waals surface area contributed by atoms with Crippen LogP contribution in [0.3, 0.4) is 0 Å². The maximum Gasteiger partial charge on any atom is 0.243 e. The fraction of sp³-hybridized carbons (Fsp3) is 0.636. The Hall–Kier alpha value is -1.73. The number of hydrogen-bond acceptors (Lipinski definition) is 4. The first-order valence-electron chi connectivity index (χ1n) is 10.7. The van der Waals surface area contributed by atoms with Crippen molar-refractivity contribution in [2.24, 2.45) is 17.8 Å². The minimum atomic E-state index is -3.58. The van der Waals surface area contributed by atoms with Gasteiger partial charge in [0.2, 0.25) is 21.8 Å². The molecule has 2 amide bonds. The minimum absolute atomic E-state index is 0.0882. The van der Waals surface area contributed by atoms with Crippen molar-refractivity contribution in [3.05, 3.63) is 29.3 Å². The van der Waals surface area contributed by atoms with E-state index < -0.39 is 10.0 Å². The van der Waals surface area contributed by atoms with Gasteiger partial charge < -0.3 is 0 Å². The van der Waals surface area contributed by atoms with Gasteiger partial charge in [-0.25, -0.2) is 8.42 Å². The molecule has 0 bridgehead atoms. The summed E-state index contributed by atoms with van der Waals surface area (Å²) in [4.78, 5) is 27.2. The highest BCUT2D eigenvalue weighted by Crippen LogP contribution is 2.38. The number of sulfonamides is 1. The highest BCUT2D eigenvalue weighted by atomic mass is 32.2. The van der Waals surface area contributed by atoms with Crippen LogP contribution in [0.15, 0.2) is 23.1 Å². The van der Waals surface area contributed by atoms with E-state index in [9.17, 15) is 18.0 Å². The molecule has 2 heterocycles. The number of fused-ring (bicyclic) bond motifs is 1. The van der Waals surface area contributed by atoms with E-state index in [2.05, 4.69) is 6.92 Å². The number of piperidine rings is 1. The largest absolute Gasteiger partial charge is 0.278 e. The van der Waals surface area contributed by atoms with Crippen LogP contribution in [0.25, 0.3) is 0 Å². The second-order valence-electron chi connectivity index (χ2n) is 8.95. The van der Waals surface area contributed by atoms with Crippen molar-refractivity contribution in [2.75, 3.05) is 13.1 Å². The van der Waals surface area contributed by atoms with E-state index in [1.165, 1.54) is 4.90 Å². The standard InChI is InChI=1S/C22H30N2O4S/c1-15-9-11-23(12-10-15)29(27,28)20-13-17(8-7-16(20)2)14-24-21(25)18-5-3-4-6-19(18)22(24)26/h7-8,13,15,18-19H,3-6,9-12,14H2,1-2H3/t18-,19-/m1/s1. The monoisotopic (exact) mass is 418 g/mol. The molecule has 3 aliphatic rings. The number of carbonyl (C=O) groups is 2. The van der Waals surface area contributed by atoms with Gasteiger partial charge in [-0.2, -0.15) is 4.31 Å². The van der Waals surface area contributed by atoms with Crippen molar-refractivity contribution in [3.63, 3.8) is 0 Å². The highest BCUT2D eigenvalue weighted by molar-refractivity contribution is 7.89. The number of hydrogen-bond donors (Lipinski definition) is 0. The number of likely N-dealkylation sites (tertiary alicyclic amines) is 1. The zero-order chi connectivity index (χ0) is 20.8. The Morgan fingerprint density at radius 1 is 0.966 bits per heavy atom. The Morgan fingerprint density at radius 2 is 1.55 bits per heavy atom. The zero-order valence-electron chi connectivity index (χ0n) is 17.3. The first kappa shape index (κ1) is 20.5. The maximum atomic E-state index is 13.2. The van der Waals surface area contributed by atoms with Crippen molar-refractivity contribution in [1.29, 1.82) is 0 Å². The van der Waals surface area contributed by atoms with E-state index in [1.807, 2.05) is 6.07 Å². The number of carbonyl (C=O) groups excluding carboxylic acids is 2. The fourth-order valence-electron chi connectivity index (χ4n) is 4.95. The zero-order valence-corrected chi connectivity index (χ0v) is 18.1. The summed E-state index contributed by atoms with van der Waals surface area (Å²) in [5, 5.41) is 0. The molecule has 4 rings (SSSR count). The van der Waals surface area contributed by atoms with Gasteiger partial charge in [0.15, 0.2) is 0 Å². The molecule has 1 saturated carbocycles. The van der Waals surface area contributed by atoms with Crippen LogP contribution in [0, 0.1) is 24.7 Å². The lowest BCUT2D eigenvalue weighted by Gasteiger charge is -2.30. The van der Waals surface area contributed by atoms with Gasteiger partial charge in [0.25, 0.3) is 0 Å². The van der Waals surface area contributed by atoms with Gasteiger partial charge in [0.1, 0.15) is 0 Å². The molecule has 2 aliphatic heterocycles. The Balaban J connectivity index is 1.57. The molecule has 1 aromatic carbocycles. The van der Waals surface area contributed by atoms with Crippen molar-refractivity contribution >= 4 is 21.8 Å². The summed E-state index contributed by atoms with van der Waals surface area (Å²) in [6.45, 7) is 5.19. The van der Waals surface area contributed by atoms with Gasteiger partial charge in [-0.3, -0.25) is 14.5 Å². The molecule has 0 spiro atoms. The molecule has 29 heavy (non-hydrogen) atoms. The molecule has 2 atom stereocenters. The second kappa shape index (κ2) is 7.84. The van der Waals surface area contributed by atoms with Crippen LogP contribution in [0.5, 0.6) is 0 Å². The van der Waals surface area contributed by atoms with Crippen molar-refractivity contribution in [3.8, 4) is 0 Å². The predicted molar refractivity (Wildman–Crippen MR) is 109 cm³/mol. The summed E-state index contributed by atoms with van der Waals surface area (Å²) in [5.41, 5.74) is 1.39. The van der Waals surface area contributed by atoms with Crippen LogP contribution in [0.1, 0.15) is 56.6 Å². The SMILES string of the molecule is Cc1ccc(CN2C(=O)[C@@H]3CCCC[C@H]3C2=O)cc1S(=O)(=O)N1CCC(C)CC1. The summed E-state index contributed by atoms with van der Waals surface area (Å²) in [7, 11) is -3.58. The van der Waals surface area contributed by atoms with Crippen molar-refractivity contribution in [2.45, 2.75) is 63.8 Å². The Kier molecular flexibility index (Phi) is 5.55. The molecule has 0 radical (unpaired) electrons. The number of benzene rings is 1. The lowest BCUT2D eigenvalue weighted by molar-refractivity contribution is -0.140. The summed E-state index contributed by atoms with van der Waals surface area (Å²) in [6, 6.07) is 5.27. The van der Waals surface area contributed by atoms with E-state index in [4.69, 9.17) is 0 Å². The second-order valence-corrected chi connectivity index (χ2v) is 10.9. The van der Waals surface area contributed by atoms with Gasteiger partial charge in [0, 0.05) is 13.1 Å². The lowest BCUT2D eigenvalue weighted by atomic mass is 9.81. The van der Waals surface area contributed by atoms with Crippen LogP contribution < -0.4 is 0 Å². The third-order valence-corrected chi connectivity index (χ3v) is 8.93. The molecule has 1 aromatic rings. The van der Waals surface area contributed by atoms with Gasteiger partial charge in [-0.15, -0.1) is 0 Å². The topological polar surface area (TPSA) is 74.8 Å². The summed E-state index contributed by atoms with van der Waals surface area (Å²) in [5.74, 6) is 0.00879. The van der Waals surface area contributed by atoms with E-state index in [1.54, 1.807) is 23.4 Å². The van der Waals surface area contributed by atoms with Crippen molar-refractivity contribution in [1.82, 2.24) is 9.21 Å². The number of nitrogens with zero attached hydrogens (tertiary/aromatic N) is 2. The first-order chi connectivity index (χ1) is 13.8. The van der Waals surface area contributed by atoms with Gasteiger partial charge >= 0.3 is 0 Å². The molecular formula is C22H30N2O4S. The third kappa shape index (κ3) is 3.75. The highest BCUT2D eigenvalue weighted by Gasteiger charge is 2.48. The van der Waals surface area contributed by atoms with E-state index >= 15 is 0 Å². The quantitative estimate of drug-likeness (QED) is 0.704. The lowest BCUT2D eigenvalue weighted by Crippen LogP contribution is -2.38. The molecule has 0 N–H and O–H groups in total. The Morgan fingerprint density at radius 3 is 2.14 bits per heavy atom. The third-order valence-electron chi connectivity index (χ3n) is 6.89. The van der Waals surface area contributed by atoms with Crippen LogP contribution in [0.2, 0.25) is 0 Å². The smallest absolute Gasteiger partial charge is 0.243 e. The van der Waals surface area contributed by atoms with Crippen LogP contribution in [-0.2, 0) is 26.2 Å². The molecule has 0 unspecified atom stereocenters. The molecule has 1 aliphatic carbocycles. The number of aryl methyl sites for hydroxylation is 1. The van der Waals surface area contributed by atoms with Crippen LogP contribution in [-0.4, -0.2) is 42.5 Å². The Bertz CT molecular complexity index is 895. The van der Waals surface area contributed by atoms with Crippen LogP contribution >= 0.6 is 0 Å². The molecule has 158 valence electrons. The average Bonchev–Trinajstić information content (AvgIpc) is 2.95. The maximum absolute atomic E-state index is 13.2. The van der Waals surface area contributed by atoms with E-state index in [0.717, 1.165) is 38.5 Å². The minimum Gasteiger partial charge on any atom is -0.278 e. The van der Waals surface area contributed by atoms with Crippen molar-refractivity contribution < 1.29 is 18.0 Å². The molecular weight excluding hydrogens is 388 g/mol. The molecule has 7 heteroatoms. The fourth-order valence-corrected chi connectivity index (χ4v) is 6.70. The number of rotatable bonds is 4. The number of amides is 2. The van der Waals surface area contributed by atoms with Gasteiger partial charge in [-0.1, -0.05) is 31.9 Å². The van der Waals surface area contributed by atoms with Gasteiger partial charge in [0.05, 0.1) is 23.3 Å². The Labute approximate surface area is 173 Å². The first-order valence-corrected chi connectivity index (χ1v) is 12.2. The van der Waals surface area contributed by atoms with E-state index in [0.29, 0.717) is 35.0 Å². The van der Waals surface area contributed by atoms with Crippen LogP contribution in [0.4, 0.5) is 0 Å². The predicted octanol–water partition coefficient (Wildman–Crippen LogP) is 3.09. The normalized spacial score (nSPS) is 26.8. The molecule has 0 aromatic heterocycles. The van der Waals surface area contributed by atoms with E-state index in [-0.39, 0.29) is 30.2 Å². The molecule has 6 nitrogen and oxygen atoms in total. The molecule has 2 saturated heterocycles. The summed E-state index contributed by atoms with van der Waals surface area (Å²) in [6.07, 6.45) is 5.30. The summed E-state index contributed by atoms with van der Waals surface area (Å²) < 4.78 is 28.0.